The number of carbonyl (C=O) groups excluding carboxylic acids is 14. The van der Waals surface area contributed by atoms with Gasteiger partial charge < -0.3 is 57.0 Å². The molecule has 706 valence electrons. The van der Waals surface area contributed by atoms with Gasteiger partial charge in [0, 0.05) is 92.7 Å². The van der Waals surface area contributed by atoms with E-state index in [1.54, 1.807) is 127 Å². The molecule has 8 rings (SSSR count). The molecule has 1 N–H and O–H groups in total. The van der Waals surface area contributed by atoms with Crippen LogP contribution in [0.3, 0.4) is 0 Å². The van der Waals surface area contributed by atoms with Gasteiger partial charge in [0.05, 0.1) is 18.6 Å². The van der Waals surface area contributed by atoms with Crippen LogP contribution in [0.5, 0.6) is 11.5 Å². The van der Waals surface area contributed by atoms with Crippen LogP contribution in [0.25, 0.3) is 0 Å². The van der Waals surface area contributed by atoms with Crippen molar-refractivity contribution in [1.29, 1.82) is 0 Å². The number of aliphatic hydroxyl groups is 1. The van der Waals surface area contributed by atoms with Crippen molar-refractivity contribution >= 4 is 107 Å². The van der Waals surface area contributed by atoms with Gasteiger partial charge in [-0.05, 0) is 175 Å². The Morgan fingerprint density at radius 2 is 0.910 bits per heavy atom. The minimum absolute atomic E-state index is 0.0474. The molecule has 0 saturated heterocycles. The smallest absolute Gasteiger partial charge is 0.344 e. The van der Waals surface area contributed by atoms with Crippen LogP contribution in [0, 0.1) is 31.6 Å². The van der Waals surface area contributed by atoms with Crippen LogP contribution in [0.4, 0.5) is 0 Å². The summed E-state index contributed by atoms with van der Waals surface area (Å²) in [4.78, 5) is 166. The molecule has 7 aromatic carbocycles. The van der Waals surface area contributed by atoms with Crippen molar-refractivity contribution in [3.8, 4) is 11.5 Å². The topological polar surface area (TPSA) is 378 Å². The molecule has 29 heteroatoms. The molecule has 3 atom stereocenters. The van der Waals surface area contributed by atoms with Crippen molar-refractivity contribution in [2.75, 3.05) is 64.4 Å². The van der Waals surface area contributed by atoms with E-state index in [4.69, 9.17) is 47.2 Å². The number of ketones is 5. The fourth-order valence-corrected chi connectivity index (χ4v) is 15.8. The Hall–Kier alpha value is -13.7. The van der Waals surface area contributed by atoms with Crippen LogP contribution in [0.2, 0.25) is 0 Å². The number of thioether (sulfide) groups is 1. The second-order valence-corrected chi connectivity index (χ2v) is 35.3. The standard InChI is InChI=1S/C27H28O6.C21H26O7S.C21H23O5P.C20H18O6.C15H22O3/c1-7-22(28)32-26(3,4)24(30)20-13-9-18(10-14-20)17-19-11-15-21(16-12-19)25(31)27(5,6)33-23(29)8-2;1-5-18(22)27-13-17(28-19(23)6-2)14-29-12-11-26-16-9-7-15(8-10-16)20(24)21(3,4)25;1-5-19(22)25-11-12-26-27(24,18-9-7-6-8-10-18)21(23)20-16(3)13-15(2)14-17(20)4;1-2-18(21)24-12-13-25-19(22)14-26-17-10-8-16(9-11-17)20(23)15-6-4-3-5-7-15;1-6-8-15(10-18-12(16)7-2)13(17)11(3)9-14(15,4)5/h7-16H,1-2,17H2,3-6H3;5-10,17,25H,1-2,11-14H2,3-4H3;5-10,13-14H,1,11-12H2,2-4H3;2-11H,1,12-14H2;7H,2-3,6,8-10H2,1,4-5H3. The van der Waals surface area contributed by atoms with Crippen molar-refractivity contribution in [3.63, 3.8) is 0 Å². The largest absolute Gasteiger partial charge is 0.493 e. The predicted octanol–water partition coefficient (Wildman–Crippen LogP) is 17.0. The Balaban J connectivity index is 0.000000351. The van der Waals surface area contributed by atoms with E-state index in [-0.39, 0.29) is 80.6 Å². The zero-order valence-electron chi connectivity index (χ0n) is 77.3. The molecule has 1 fully saturated rings. The van der Waals surface area contributed by atoms with E-state index in [0.717, 1.165) is 76.8 Å². The Morgan fingerprint density at radius 1 is 0.496 bits per heavy atom. The number of ether oxygens (including phenoxy) is 10. The van der Waals surface area contributed by atoms with Gasteiger partial charge in [0.1, 0.15) is 56.2 Å². The Kier molecular flexibility index (Phi) is 45.5. The molecule has 1 aliphatic carbocycles. The van der Waals surface area contributed by atoms with E-state index >= 15 is 0 Å². The van der Waals surface area contributed by atoms with Crippen LogP contribution in [0.15, 0.2) is 271 Å². The third-order valence-corrected chi connectivity index (χ3v) is 23.1. The zero-order valence-corrected chi connectivity index (χ0v) is 79.0. The molecule has 0 bridgehead atoms. The lowest BCUT2D eigenvalue weighted by Gasteiger charge is -2.38. The maximum Gasteiger partial charge on any atom is 0.344 e. The zero-order chi connectivity index (χ0) is 99.5. The van der Waals surface area contributed by atoms with Crippen molar-refractivity contribution in [2.24, 2.45) is 10.8 Å². The van der Waals surface area contributed by atoms with E-state index < -0.39 is 89.0 Å². The highest BCUT2D eigenvalue weighted by molar-refractivity contribution is 7.99. The van der Waals surface area contributed by atoms with Gasteiger partial charge in [-0.25, -0.2) is 38.4 Å². The van der Waals surface area contributed by atoms with Gasteiger partial charge in [0.15, 0.2) is 35.2 Å². The molecular weight excluding hydrogens is 1740 g/mol. The van der Waals surface area contributed by atoms with Crippen LogP contribution in [-0.4, -0.2) is 175 Å². The summed E-state index contributed by atoms with van der Waals surface area (Å²) in [5, 5.41) is 10.1. The molecule has 0 spiro atoms. The van der Waals surface area contributed by atoms with Crippen LogP contribution in [-0.2, 0) is 96.6 Å². The Morgan fingerprint density at radius 3 is 1.36 bits per heavy atom. The lowest BCUT2D eigenvalue weighted by Crippen LogP contribution is -2.43. The molecule has 0 heterocycles. The van der Waals surface area contributed by atoms with Gasteiger partial charge >= 0.3 is 55.1 Å². The van der Waals surface area contributed by atoms with Gasteiger partial charge in [0.25, 0.3) is 5.52 Å². The van der Waals surface area contributed by atoms with Gasteiger partial charge in [-0.2, -0.15) is 11.8 Å². The Bertz CT molecular complexity index is 5260. The molecule has 1 aliphatic rings. The average Bonchev–Trinajstić information content (AvgIpc) is 1.59. The normalized spacial score (nSPS) is 13.5. The molecule has 3 unspecified atom stereocenters. The number of hydrogen-bond donors (Lipinski definition) is 1. The molecule has 0 radical (unpaired) electrons. The third kappa shape index (κ3) is 35.9. The lowest BCUT2D eigenvalue weighted by molar-refractivity contribution is -0.151. The fourth-order valence-electron chi connectivity index (χ4n) is 13.0. The van der Waals surface area contributed by atoms with Gasteiger partial charge in [-0.1, -0.05) is 195 Å². The SMILES string of the molecule is C=CC(=O)OC(C)(C)C(=O)c1ccc(Cc2ccc(C(=O)C(C)(C)OC(=O)C=C)cc2)cc1.C=CC(=O)OCC(CSCCOc1ccc(C(=O)C(C)(C)O)cc1)OC(=O)C=C.C=CC(=O)OCC1(CCC)C(=O)C(=C)CC1(C)C.C=CC(=O)OCCOC(=O)COc1ccc(C(=O)c2ccccc2)cc1.C=CC(=O)OCCOP(=O)(C(=O)c1c(C)cc(C)cc1C)c1ccccc1. The average molecular weight is 1860 g/mol. The van der Waals surface area contributed by atoms with Crippen molar-refractivity contribution in [3.05, 3.63) is 332 Å². The summed E-state index contributed by atoms with van der Waals surface area (Å²) in [6, 6.07) is 48.1. The first-order chi connectivity index (χ1) is 62.7. The highest BCUT2D eigenvalue weighted by Crippen LogP contribution is 2.55. The summed E-state index contributed by atoms with van der Waals surface area (Å²) in [7, 11) is -3.88. The molecule has 0 aromatic heterocycles. The van der Waals surface area contributed by atoms with Crippen LogP contribution >= 0.6 is 19.1 Å². The molecule has 7 aromatic rings. The van der Waals surface area contributed by atoms with E-state index in [1.807, 2.05) is 84.0 Å². The second kappa shape index (κ2) is 54.2. The van der Waals surface area contributed by atoms with E-state index in [2.05, 4.69) is 57.4 Å². The highest BCUT2D eigenvalue weighted by atomic mass is 32.2. The minimum Gasteiger partial charge on any atom is -0.493 e. The fraction of sp³-hybridized carbons (Fsp3) is 0.308. The molecular formula is C104H117O27PS. The first-order valence-electron chi connectivity index (χ1n) is 42.0. The monoisotopic (exact) mass is 1860 g/mol. The van der Waals surface area contributed by atoms with Crippen LogP contribution in [0.1, 0.15) is 167 Å². The first-order valence-corrected chi connectivity index (χ1v) is 44.7. The number of benzene rings is 7. The molecule has 0 aliphatic heterocycles. The van der Waals surface area contributed by atoms with Crippen molar-refractivity contribution in [1.82, 2.24) is 0 Å². The summed E-state index contributed by atoms with van der Waals surface area (Å²) in [6.07, 6.45) is 9.52. The number of Topliss-reactive ketones (excluding diaryl/α,β-unsaturated/α-hetero) is 4. The molecule has 27 nitrogen and oxygen atoms in total. The van der Waals surface area contributed by atoms with E-state index in [0.29, 0.717) is 93.1 Å². The van der Waals surface area contributed by atoms with Gasteiger partial charge in [-0.15, -0.1) is 0 Å². The number of hydrogen-bond acceptors (Lipinski definition) is 28. The summed E-state index contributed by atoms with van der Waals surface area (Å²) < 4.78 is 70.0. The first kappa shape index (κ1) is 112. The second-order valence-electron chi connectivity index (χ2n) is 31.8. The van der Waals surface area contributed by atoms with Crippen molar-refractivity contribution in [2.45, 2.75) is 132 Å². The maximum atomic E-state index is 13.7. The number of esters is 8. The quantitative estimate of drug-likeness (QED) is 0.00925. The summed E-state index contributed by atoms with van der Waals surface area (Å²) in [6.45, 7) is 47.5. The van der Waals surface area contributed by atoms with E-state index in [1.165, 1.54) is 53.3 Å². The lowest BCUT2D eigenvalue weighted by atomic mass is 9.65. The minimum atomic E-state index is -3.88. The summed E-state index contributed by atoms with van der Waals surface area (Å²) >= 11 is 1.46. The summed E-state index contributed by atoms with van der Waals surface area (Å²) in [5.41, 5.74) is 2.43. The van der Waals surface area contributed by atoms with Crippen LogP contribution < -0.4 is 14.8 Å². The van der Waals surface area contributed by atoms with Gasteiger partial charge in [0.2, 0.25) is 11.6 Å². The summed E-state index contributed by atoms with van der Waals surface area (Å²) in [5.74, 6) is -3.77. The Labute approximate surface area is 781 Å². The molecule has 0 amide bonds. The molecule has 133 heavy (non-hydrogen) atoms. The highest BCUT2D eigenvalue weighted by Gasteiger charge is 2.57. The molecule has 1 saturated carbocycles. The predicted molar refractivity (Wildman–Crippen MR) is 507 cm³/mol. The number of allylic oxidation sites excluding steroid dienone is 1. The number of carbonyl (C=O) groups is 14. The third-order valence-electron chi connectivity index (χ3n) is 19.8. The van der Waals surface area contributed by atoms with E-state index in [9.17, 15) is 76.8 Å². The van der Waals surface area contributed by atoms with Crippen molar-refractivity contribution < 1.29 is 129 Å². The maximum absolute atomic E-state index is 13.7. The van der Waals surface area contributed by atoms with Gasteiger partial charge in [-0.3, -0.25) is 33.3 Å². The number of rotatable bonds is 45. The number of aryl methyl sites for hydroxylation is 3.